The van der Waals surface area contributed by atoms with E-state index in [1.807, 2.05) is 24.3 Å². The van der Waals surface area contributed by atoms with Crippen molar-refractivity contribution in [3.05, 3.63) is 59.7 Å². The lowest BCUT2D eigenvalue weighted by molar-refractivity contribution is 0.0936. The summed E-state index contributed by atoms with van der Waals surface area (Å²) in [4.78, 5) is 27.3. The van der Waals surface area contributed by atoms with Crippen LogP contribution in [0.15, 0.2) is 48.5 Å². The highest BCUT2D eigenvalue weighted by Crippen LogP contribution is 2.27. The van der Waals surface area contributed by atoms with E-state index in [0.717, 1.165) is 37.3 Å². The Morgan fingerprint density at radius 1 is 0.862 bits per heavy atom. The zero-order valence-corrected chi connectivity index (χ0v) is 16.5. The first kappa shape index (κ1) is 19.5. The van der Waals surface area contributed by atoms with Crippen molar-refractivity contribution in [1.29, 1.82) is 0 Å². The van der Waals surface area contributed by atoms with Crippen LogP contribution < -0.4 is 15.5 Å². The van der Waals surface area contributed by atoms with Crippen molar-refractivity contribution in [3.63, 3.8) is 0 Å². The van der Waals surface area contributed by atoms with Gasteiger partial charge in [0.1, 0.15) is 0 Å². The fraction of sp³-hybridized carbons (Fsp3) is 0.391. The first-order valence-electron chi connectivity index (χ1n) is 10.3. The zero-order chi connectivity index (χ0) is 20.1. The summed E-state index contributed by atoms with van der Waals surface area (Å²) < 4.78 is 5.42. The molecule has 2 fully saturated rings. The van der Waals surface area contributed by atoms with Crippen molar-refractivity contribution in [2.24, 2.45) is 0 Å². The molecule has 0 aromatic heterocycles. The lowest BCUT2D eigenvalue weighted by Gasteiger charge is -2.30. The van der Waals surface area contributed by atoms with Crippen molar-refractivity contribution < 1.29 is 14.3 Å². The summed E-state index contributed by atoms with van der Waals surface area (Å²) in [5, 5.41) is 6.08. The number of hydrogen-bond donors (Lipinski definition) is 2. The molecule has 1 saturated heterocycles. The van der Waals surface area contributed by atoms with Crippen LogP contribution in [0.4, 0.5) is 11.4 Å². The second kappa shape index (κ2) is 9.09. The molecule has 2 amide bonds. The van der Waals surface area contributed by atoms with Gasteiger partial charge in [-0.15, -0.1) is 0 Å². The predicted molar refractivity (Wildman–Crippen MR) is 114 cm³/mol. The summed E-state index contributed by atoms with van der Waals surface area (Å²) in [7, 11) is 0. The van der Waals surface area contributed by atoms with Crippen LogP contribution in [-0.4, -0.2) is 44.2 Å². The van der Waals surface area contributed by atoms with Gasteiger partial charge in [0, 0.05) is 30.3 Å². The number of ether oxygens (including phenoxy) is 1. The third-order valence-corrected chi connectivity index (χ3v) is 5.60. The minimum atomic E-state index is -0.187. The van der Waals surface area contributed by atoms with E-state index in [1.54, 1.807) is 24.3 Å². The van der Waals surface area contributed by atoms with Crippen molar-refractivity contribution in [2.75, 3.05) is 36.5 Å². The summed E-state index contributed by atoms with van der Waals surface area (Å²) in [6.45, 7) is 2.98. The number of carbonyl (C=O) groups is 2. The summed E-state index contributed by atoms with van der Waals surface area (Å²) >= 11 is 0. The molecule has 1 heterocycles. The molecule has 1 aliphatic heterocycles. The second-order valence-corrected chi connectivity index (χ2v) is 7.60. The molecular weight excluding hydrogens is 366 g/mol. The predicted octanol–water partition coefficient (Wildman–Crippen LogP) is 3.45. The maximum absolute atomic E-state index is 12.8. The maximum atomic E-state index is 12.8. The van der Waals surface area contributed by atoms with Gasteiger partial charge in [-0.25, -0.2) is 0 Å². The van der Waals surface area contributed by atoms with Crippen LogP contribution in [0.5, 0.6) is 0 Å². The van der Waals surface area contributed by atoms with Crippen LogP contribution in [0.3, 0.4) is 0 Å². The third kappa shape index (κ3) is 4.77. The Hall–Kier alpha value is -2.86. The quantitative estimate of drug-likeness (QED) is 0.816. The monoisotopic (exact) mass is 393 g/mol. The first-order valence-corrected chi connectivity index (χ1v) is 10.3. The normalized spacial score (nSPS) is 17.2. The van der Waals surface area contributed by atoms with E-state index < -0.39 is 0 Å². The lowest BCUT2D eigenvalue weighted by Crippen LogP contribution is -2.36. The molecular formula is C23H27N3O3. The van der Waals surface area contributed by atoms with E-state index in [4.69, 9.17) is 4.74 Å². The molecule has 2 aromatic carbocycles. The Bertz CT molecular complexity index is 854. The molecule has 0 bridgehead atoms. The molecule has 0 atom stereocenters. The third-order valence-electron chi connectivity index (χ3n) is 5.60. The zero-order valence-electron chi connectivity index (χ0n) is 16.5. The lowest BCUT2D eigenvalue weighted by atomic mass is 10.1. The van der Waals surface area contributed by atoms with Gasteiger partial charge >= 0.3 is 0 Å². The summed E-state index contributed by atoms with van der Waals surface area (Å²) in [5.74, 6) is -0.255. The van der Waals surface area contributed by atoms with Gasteiger partial charge in [0.15, 0.2) is 0 Å². The van der Waals surface area contributed by atoms with Crippen molar-refractivity contribution in [3.8, 4) is 0 Å². The molecule has 152 valence electrons. The topological polar surface area (TPSA) is 70.7 Å². The smallest absolute Gasteiger partial charge is 0.255 e. The van der Waals surface area contributed by atoms with Crippen LogP contribution in [0.2, 0.25) is 0 Å². The van der Waals surface area contributed by atoms with Crippen molar-refractivity contribution in [1.82, 2.24) is 5.32 Å². The van der Waals surface area contributed by atoms with Gasteiger partial charge in [-0.3, -0.25) is 9.59 Å². The standard InChI is InChI=1S/C23H27N3O3/c27-22(24-19-5-1-2-6-19)17-9-11-18(12-10-17)23(28)25-20-7-3-4-8-21(20)26-13-15-29-16-14-26/h3-4,7-12,19H,1-2,5-6,13-16H2,(H,24,27)(H,25,28). The molecule has 0 unspecified atom stereocenters. The Kier molecular flexibility index (Phi) is 6.10. The maximum Gasteiger partial charge on any atom is 0.255 e. The van der Waals surface area contributed by atoms with Gasteiger partial charge < -0.3 is 20.3 Å². The summed E-state index contributed by atoms with van der Waals surface area (Å²) in [5.41, 5.74) is 2.89. The molecule has 1 aliphatic carbocycles. The highest BCUT2D eigenvalue weighted by Gasteiger charge is 2.19. The molecule has 0 radical (unpaired) electrons. The van der Waals surface area contributed by atoms with Gasteiger partial charge in [0.2, 0.25) is 0 Å². The summed E-state index contributed by atoms with van der Waals surface area (Å²) in [6, 6.07) is 14.9. The molecule has 2 N–H and O–H groups in total. The molecule has 6 nitrogen and oxygen atoms in total. The molecule has 0 spiro atoms. The minimum absolute atomic E-state index is 0.0680. The molecule has 2 aliphatic rings. The molecule has 4 rings (SSSR count). The van der Waals surface area contributed by atoms with Crippen LogP contribution >= 0.6 is 0 Å². The van der Waals surface area contributed by atoms with Crippen LogP contribution in [0.1, 0.15) is 46.4 Å². The largest absolute Gasteiger partial charge is 0.378 e. The number of benzene rings is 2. The van der Waals surface area contributed by atoms with E-state index in [0.29, 0.717) is 24.3 Å². The number of amides is 2. The van der Waals surface area contributed by atoms with Crippen LogP contribution in [0, 0.1) is 0 Å². The number of nitrogens with zero attached hydrogens (tertiary/aromatic N) is 1. The molecule has 29 heavy (non-hydrogen) atoms. The van der Waals surface area contributed by atoms with Gasteiger partial charge in [0.25, 0.3) is 11.8 Å². The molecule has 2 aromatic rings. The summed E-state index contributed by atoms with van der Waals surface area (Å²) in [6.07, 6.45) is 4.45. The average molecular weight is 393 g/mol. The van der Waals surface area contributed by atoms with E-state index in [1.165, 1.54) is 12.8 Å². The van der Waals surface area contributed by atoms with Crippen LogP contribution in [-0.2, 0) is 4.74 Å². The van der Waals surface area contributed by atoms with Crippen molar-refractivity contribution >= 4 is 23.2 Å². The number of para-hydroxylation sites is 2. The van der Waals surface area contributed by atoms with Gasteiger partial charge in [-0.1, -0.05) is 25.0 Å². The van der Waals surface area contributed by atoms with E-state index in [9.17, 15) is 9.59 Å². The highest BCUT2D eigenvalue weighted by molar-refractivity contribution is 6.06. The number of rotatable bonds is 5. The number of morpholine rings is 1. The van der Waals surface area contributed by atoms with E-state index in [2.05, 4.69) is 15.5 Å². The Balaban J connectivity index is 1.42. The minimum Gasteiger partial charge on any atom is -0.378 e. The fourth-order valence-electron chi connectivity index (χ4n) is 3.97. The first-order chi connectivity index (χ1) is 14.2. The van der Waals surface area contributed by atoms with Crippen molar-refractivity contribution in [2.45, 2.75) is 31.7 Å². The van der Waals surface area contributed by atoms with E-state index >= 15 is 0 Å². The SMILES string of the molecule is O=C(Nc1ccccc1N1CCOCC1)c1ccc(C(=O)NC2CCCC2)cc1. The number of anilines is 2. The van der Waals surface area contributed by atoms with Crippen LogP contribution in [0.25, 0.3) is 0 Å². The fourth-order valence-corrected chi connectivity index (χ4v) is 3.97. The average Bonchev–Trinajstić information content (AvgIpc) is 3.28. The number of carbonyl (C=O) groups excluding carboxylic acids is 2. The highest BCUT2D eigenvalue weighted by atomic mass is 16.5. The Morgan fingerprint density at radius 2 is 1.48 bits per heavy atom. The van der Waals surface area contributed by atoms with Gasteiger partial charge in [0.05, 0.1) is 24.6 Å². The number of nitrogens with one attached hydrogen (secondary N) is 2. The number of hydrogen-bond acceptors (Lipinski definition) is 4. The molecule has 1 saturated carbocycles. The van der Waals surface area contributed by atoms with E-state index in [-0.39, 0.29) is 17.9 Å². The Labute approximate surface area is 171 Å². The van der Waals surface area contributed by atoms with Gasteiger partial charge in [-0.2, -0.15) is 0 Å². The Morgan fingerprint density at radius 3 is 2.17 bits per heavy atom. The second-order valence-electron chi connectivity index (χ2n) is 7.60. The van der Waals surface area contributed by atoms with Gasteiger partial charge in [-0.05, 0) is 49.2 Å². The molecule has 6 heteroatoms.